The summed E-state index contributed by atoms with van der Waals surface area (Å²) in [5.74, 6) is -0.234. The summed E-state index contributed by atoms with van der Waals surface area (Å²) < 4.78 is 1.83. The van der Waals surface area contributed by atoms with E-state index in [-0.39, 0.29) is 11.6 Å². The van der Waals surface area contributed by atoms with E-state index in [9.17, 15) is 14.9 Å². The van der Waals surface area contributed by atoms with E-state index in [1.165, 1.54) is 18.2 Å². The van der Waals surface area contributed by atoms with Crippen LogP contribution in [0.5, 0.6) is 0 Å². The Morgan fingerprint density at radius 2 is 1.85 bits per heavy atom. The first-order valence-corrected chi connectivity index (χ1v) is 8.36. The number of non-ortho nitro benzene ring substituents is 1. The standard InChI is InChI=1S/C20H18N4O3/c25-20(11-8-16-6-9-19(10-7-16)24(26)27)21-14-17-4-1-2-5-18(17)15-23-13-3-12-22-23/h1-13H,14-15H2,(H,21,25)/b11-8+. The lowest BCUT2D eigenvalue weighted by Crippen LogP contribution is -2.21. The van der Waals surface area contributed by atoms with Crippen LogP contribution in [0, 0.1) is 10.1 Å². The van der Waals surface area contributed by atoms with Crippen LogP contribution in [0.1, 0.15) is 16.7 Å². The summed E-state index contributed by atoms with van der Waals surface area (Å²) >= 11 is 0. The number of aromatic nitrogens is 2. The first kappa shape index (κ1) is 18.1. The molecular formula is C20H18N4O3. The maximum atomic E-state index is 12.1. The zero-order valence-corrected chi connectivity index (χ0v) is 14.5. The quantitative estimate of drug-likeness (QED) is 0.397. The van der Waals surface area contributed by atoms with Gasteiger partial charge in [0.1, 0.15) is 0 Å². The minimum Gasteiger partial charge on any atom is -0.348 e. The molecule has 1 amide bonds. The third-order valence-corrected chi connectivity index (χ3v) is 3.99. The molecule has 0 aliphatic carbocycles. The van der Waals surface area contributed by atoms with Crippen LogP contribution in [0.25, 0.3) is 6.08 Å². The number of benzene rings is 2. The van der Waals surface area contributed by atoms with Crippen LogP contribution in [0.4, 0.5) is 5.69 Å². The van der Waals surface area contributed by atoms with E-state index >= 15 is 0 Å². The molecule has 0 bridgehead atoms. The molecule has 3 aromatic rings. The van der Waals surface area contributed by atoms with Gasteiger partial charge in [-0.25, -0.2) is 0 Å². The van der Waals surface area contributed by atoms with Crippen molar-refractivity contribution in [3.05, 3.63) is 99.9 Å². The molecule has 0 atom stereocenters. The monoisotopic (exact) mass is 362 g/mol. The number of amides is 1. The maximum Gasteiger partial charge on any atom is 0.269 e. The fourth-order valence-electron chi connectivity index (χ4n) is 2.57. The van der Waals surface area contributed by atoms with Crippen molar-refractivity contribution in [3.8, 4) is 0 Å². The summed E-state index contributed by atoms with van der Waals surface area (Å²) in [5.41, 5.74) is 2.84. The Balaban J connectivity index is 1.58. The first-order chi connectivity index (χ1) is 13.1. The number of carbonyl (C=O) groups excluding carboxylic acids is 1. The number of hydrogen-bond donors (Lipinski definition) is 1. The van der Waals surface area contributed by atoms with Crippen molar-refractivity contribution in [2.75, 3.05) is 0 Å². The van der Waals surface area contributed by atoms with Gasteiger partial charge in [0.25, 0.3) is 5.69 Å². The highest BCUT2D eigenvalue weighted by atomic mass is 16.6. The van der Waals surface area contributed by atoms with E-state index in [0.29, 0.717) is 13.1 Å². The van der Waals surface area contributed by atoms with Crippen LogP contribution >= 0.6 is 0 Å². The van der Waals surface area contributed by atoms with Crippen LogP contribution < -0.4 is 5.32 Å². The van der Waals surface area contributed by atoms with E-state index < -0.39 is 4.92 Å². The first-order valence-electron chi connectivity index (χ1n) is 8.36. The summed E-state index contributed by atoms with van der Waals surface area (Å²) in [6.07, 6.45) is 6.65. The predicted octanol–water partition coefficient (Wildman–Crippen LogP) is 3.17. The molecule has 7 heteroatoms. The van der Waals surface area contributed by atoms with Crippen LogP contribution in [0.3, 0.4) is 0 Å². The summed E-state index contributed by atoms with van der Waals surface area (Å²) in [4.78, 5) is 22.3. The fourth-order valence-corrected chi connectivity index (χ4v) is 2.57. The Kier molecular flexibility index (Phi) is 5.73. The van der Waals surface area contributed by atoms with Gasteiger partial charge in [-0.15, -0.1) is 0 Å². The summed E-state index contributed by atoms with van der Waals surface area (Å²) in [6.45, 7) is 1.04. The summed E-state index contributed by atoms with van der Waals surface area (Å²) in [7, 11) is 0. The van der Waals surface area contributed by atoms with E-state index in [4.69, 9.17) is 0 Å². The van der Waals surface area contributed by atoms with Crippen molar-refractivity contribution in [3.63, 3.8) is 0 Å². The number of nitrogens with one attached hydrogen (secondary N) is 1. The van der Waals surface area contributed by atoms with E-state index in [0.717, 1.165) is 16.7 Å². The second kappa shape index (κ2) is 8.57. The van der Waals surface area contributed by atoms with Crippen molar-refractivity contribution in [1.82, 2.24) is 15.1 Å². The van der Waals surface area contributed by atoms with Crippen molar-refractivity contribution in [1.29, 1.82) is 0 Å². The van der Waals surface area contributed by atoms with Crippen molar-refractivity contribution in [2.45, 2.75) is 13.1 Å². The van der Waals surface area contributed by atoms with Gasteiger partial charge < -0.3 is 5.32 Å². The maximum absolute atomic E-state index is 12.1. The summed E-state index contributed by atoms with van der Waals surface area (Å²) in [5, 5.41) is 17.7. The smallest absolute Gasteiger partial charge is 0.269 e. The molecule has 0 unspecified atom stereocenters. The second-order valence-corrected chi connectivity index (χ2v) is 5.87. The van der Waals surface area contributed by atoms with Gasteiger partial charge in [-0.1, -0.05) is 24.3 Å². The number of hydrogen-bond acceptors (Lipinski definition) is 4. The van der Waals surface area contributed by atoms with Gasteiger partial charge in [0.15, 0.2) is 0 Å². The van der Waals surface area contributed by atoms with E-state index in [2.05, 4.69) is 10.4 Å². The van der Waals surface area contributed by atoms with Gasteiger partial charge in [-0.05, 0) is 41.0 Å². The highest BCUT2D eigenvalue weighted by Crippen LogP contribution is 2.13. The zero-order chi connectivity index (χ0) is 19.1. The molecule has 0 spiro atoms. The number of rotatable bonds is 7. The number of nitrogens with zero attached hydrogens (tertiary/aromatic N) is 3. The molecule has 0 radical (unpaired) electrons. The Morgan fingerprint density at radius 3 is 2.52 bits per heavy atom. The second-order valence-electron chi connectivity index (χ2n) is 5.87. The number of nitro benzene ring substituents is 1. The van der Waals surface area contributed by atoms with Crippen molar-refractivity contribution < 1.29 is 9.72 Å². The fraction of sp³-hybridized carbons (Fsp3) is 0.100. The third-order valence-electron chi connectivity index (χ3n) is 3.99. The SMILES string of the molecule is O=C(/C=C/c1ccc([N+](=O)[O-])cc1)NCc1ccccc1Cn1cccn1. The van der Waals surface area contributed by atoms with Crippen molar-refractivity contribution in [2.24, 2.45) is 0 Å². The lowest BCUT2D eigenvalue weighted by atomic mass is 10.1. The molecular weight excluding hydrogens is 344 g/mol. The minimum absolute atomic E-state index is 0.0189. The van der Waals surface area contributed by atoms with Gasteiger partial charge in [-0.3, -0.25) is 19.6 Å². The van der Waals surface area contributed by atoms with E-state index in [1.807, 2.05) is 41.2 Å². The molecule has 2 aromatic carbocycles. The highest BCUT2D eigenvalue weighted by molar-refractivity contribution is 5.91. The van der Waals surface area contributed by atoms with Gasteiger partial charge in [-0.2, -0.15) is 5.10 Å². The topological polar surface area (TPSA) is 90.1 Å². The lowest BCUT2D eigenvalue weighted by molar-refractivity contribution is -0.384. The molecule has 7 nitrogen and oxygen atoms in total. The van der Waals surface area contributed by atoms with Crippen LogP contribution in [-0.4, -0.2) is 20.6 Å². The molecule has 0 aliphatic rings. The minimum atomic E-state index is -0.457. The van der Waals surface area contributed by atoms with Gasteiger partial charge in [0.2, 0.25) is 5.91 Å². The normalized spacial score (nSPS) is 10.8. The lowest BCUT2D eigenvalue weighted by Gasteiger charge is -2.10. The molecule has 1 heterocycles. The molecule has 0 aliphatic heterocycles. The van der Waals surface area contributed by atoms with Crippen LogP contribution in [-0.2, 0) is 17.9 Å². The average molecular weight is 362 g/mol. The van der Waals surface area contributed by atoms with E-state index in [1.54, 1.807) is 24.4 Å². The van der Waals surface area contributed by atoms with Gasteiger partial charge >= 0.3 is 0 Å². The molecule has 0 fully saturated rings. The molecule has 1 N–H and O–H groups in total. The average Bonchev–Trinajstić information content (AvgIpc) is 3.19. The molecule has 1 aromatic heterocycles. The van der Waals surface area contributed by atoms with Gasteiger partial charge in [0.05, 0.1) is 11.5 Å². The molecule has 27 heavy (non-hydrogen) atoms. The molecule has 0 saturated heterocycles. The zero-order valence-electron chi connectivity index (χ0n) is 14.5. The molecule has 3 rings (SSSR count). The number of nitro groups is 1. The van der Waals surface area contributed by atoms with Crippen molar-refractivity contribution >= 4 is 17.7 Å². The summed E-state index contributed by atoms with van der Waals surface area (Å²) in [6, 6.07) is 15.7. The predicted molar refractivity (Wildman–Crippen MR) is 102 cm³/mol. The molecule has 0 saturated carbocycles. The third kappa shape index (κ3) is 5.12. The highest BCUT2D eigenvalue weighted by Gasteiger charge is 2.05. The Labute approximate surface area is 156 Å². The Hall–Kier alpha value is -3.74. The van der Waals surface area contributed by atoms with Crippen LogP contribution in [0.2, 0.25) is 0 Å². The van der Waals surface area contributed by atoms with Crippen LogP contribution in [0.15, 0.2) is 73.1 Å². The largest absolute Gasteiger partial charge is 0.348 e. The number of carbonyl (C=O) groups is 1. The molecule has 136 valence electrons. The van der Waals surface area contributed by atoms with Gasteiger partial charge in [0, 0.05) is 37.1 Å². The Bertz CT molecular complexity index is 948. The Morgan fingerprint density at radius 1 is 1.11 bits per heavy atom.